The third-order valence-corrected chi connectivity index (χ3v) is 10.0. The zero-order valence-electron chi connectivity index (χ0n) is 23.0. The summed E-state index contributed by atoms with van der Waals surface area (Å²) < 4.78 is 59.1. The van der Waals surface area contributed by atoms with E-state index in [0.717, 1.165) is 12.2 Å². The molecule has 0 aromatic carbocycles. The highest BCUT2D eigenvalue weighted by molar-refractivity contribution is 6.04. The zero-order valence-corrected chi connectivity index (χ0v) is 23.0. The molecule has 0 heterocycles. The van der Waals surface area contributed by atoms with E-state index in [2.05, 4.69) is 0 Å². The van der Waals surface area contributed by atoms with Crippen LogP contribution in [0.15, 0.2) is 23.6 Å². The Morgan fingerprint density at radius 1 is 1.13 bits per heavy atom. The smallest absolute Gasteiger partial charge is 0.306 e. The summed E-state index contributed by atoms with van der Waals surface area (Å²) in [6.07, 6.45) is -1.99. The maximum absolute atomic E-state index is 17.4. The predicted molar refractivity (Wildman–Crippen MR) is 133 cm³/mol. The number of Topliss-reactive ketones (excluding diaryl/α,β-unsaturated/α-hetero) is 1. The Kier molecular flexibility index (Phi) is 7.45. The average molecular weight is 555 g/mol. The second-order valence-electron chi connectivity index (χ2n) is 12.0. The monoisotopic (exact) mass is 554 g/mol. The van der Waals surface area contributed by atoms with Crippen LogP contribution in [0.25, 0.3) is 0 Å². The minimum absolute atomic E-state index is 0.0615. The fourth-order valence-corrected chi connectivity index (χ4v) is 8.27. The molecule has 9 atom stereocenters. The van der Waals surface area contributed by atoms with Crippen LogP contribution in [0.2, 0.25) is 0 Å². The van der Waals surface area contributed by atoms with Crippen LogP contribution in [0.4, 0.5) is 13.2 Å². The summed E-state index contributed by atoms with van der Waals surface area (Å²) in [4.78, 5) is 50.6. The molecule has 7 nitrogen and oxygen atoms in total. The van der Waals surface area contributed by atoms with E-state index in [1.54, 1.807) is 27.7 Å². The molecule has 0 spiro atoms. The number of hydrogen-bond donors (Lipinski definition) is 1. The Hall–Kier alpha value is -2.49. The fraction of sp³-hybridized carbons (Fsp3) is 0.724. The molecule has 0 unspecified atom stereocenters. The molecule has 10 heteroatoms. The highest BCUT2D eigenvalue weighted by atomic mass is 19.2. The Bertz CT molecular complexity index is 1150. The summed E-state index contributed by atoms with van der Waals surface area (Å²) in [6.45, 7) is 7.25. The second kappa shape index (κ2) is 9.85. The maximum atomic E-state index is 17.4. The van der Waals surface area contributed by atoms with Crippen molar-refractivity contribution >= 4 is 23.5 Å². The Morgan fingerprint density at radius 2 is 1.79 bits per heavy atom. The molecule has 0 aromatic heterocycles. The molecule has 3 fully saturated rings. The van der Waals surface area contributed by atoms with E-state index in [0.29, 0.717) is 6.42 Å². The number of alkyl halides is 2. The van der Waals surface area contributed by atoms with E-state index in [1.807, 2.05) is 0 Å². The van der Waals surface area contributed by atoms with Gasteiger partial charge in [-0.25, -0.2) is 13.2 Å². The van der Waals surface area contributed by atoms with E-state index in [-0.39, 0.29) is 25.7 Å². The second-order valence-corrected chi connectivity index (χ2v) is 12.0. The van der Waals surface area contributed by atoms with Crippen molar-refractivity contribution in [1.29, 1.82) is 0 Å². The third-order valence-electron chi connectivity index (χ3n) is 10.0. The van der Waals surface area contributed by atoms with Crippen LogP contribution in [0.5, 0.6) is 0 Å². The molecule has 4 rings (SSSR count). The van der Waals surface area contributed by atoms with Crippen molar-refractivity contribution in [3.05, 3.63) is 23.6 Å². The number of esters is 2. The van der Waals surface area contributed by atoms with Gasteiger partial charge in [-0.3, -0.25) is 19.2 Å². The van der Waals surface area contributed by atoms with E-state index >= 15 is 8.78 Å². The summed E-state index contributed by atoms with van der Waals surface area (Å²) in [7, 11) is 0. The quantitative estimate of drug-likeness (QED) is 0.464. The molecule has 3 saturated carbocycles. The van der Waals surface area contributed by atoms with Gasteiger partial charge in [-0.1, -0.05) is 33.8 Å². The lowest BCUT2D eigenvalue weighted by Gasteiger charge is -2.63. The van der Waals surface area contributed by atoms with Crippen molar-refractivity contribution in [2.45, 2.75) is 96.7 Å². The predicted octanol–water partition coefficient (Wildman–Crippen LogP) is 4.45. The molecule has 0 amide bonds. The molecular formula is C29H37F3O7. The van der Waals surface area contributed by atoms with Gasteiger partial charge in [0.1, 0.15) is 6.17 Å². The lowest BCUT2D eigenvalue weighted by Crippen LogP contribution is -2.71. The van der Waals surface area contributed by atoms with E-state index < -0.39 is 100 Å². The molecule has 0 aliphatic heterocycles. The summed E-state index contributed by atoms with van der Waals surface area (Å²) in [5.41, 5.74) is -8.33. The minimum atomic E-state index is -2.56. The highest BCUT2D eigenvalue weighted by Crippen LogP contribution is 2.72. The number of halogens is 3. The van der Waals surface area contributed by atoms with Crippen molar-refractivity contribution in [3.63, 3.8) is 0 Å². The molecule has 39 heavy (non-hydrogen) atoms. The topological polar surface area (TPSA) is 107 Å². The number of fused-ring (bicyclic) bond motifs is 5. The van der Waals surface area contributed by atoms with Crippen molar-refractivity contribution in [1.82, 2.24) is 0 Å². The first-order valence-electron chi connectivity index (χ1n) is 13.7. The molecule has 1 N–H and O–H groups in total. The van der Waals surface area contributed by atoms with Gasteiger partial charge in [-0.2, -0.15) is 0 Å². The number of allylic oxidation sites excluding steroid dienone is 4. The molecule has 0 bridgehead atoms. The van der Waals surface area contributed by atoms with Crippen molar-refractivity contribution < 1.29 is 46.9 Å². The minimum Gasteiger partial charge on any atom is -0.457 e. The maximum Gasteiger partial charge on any atom is 0.306 e. The lowest BCUT2D eigenvalue weighted by molar-refractivity contribution is -0.232. The van der Waals surface area contributed by atoms with Crippen LogP contribution in [0.1, 0.15) is 73.1 Å². The summed E-state index contributed by atoms with van der Waals surface area (Å²) in [6, 6.07) is 0. The van der Waals surface area contributed by atoms with Gasteiger partial charge in [0, 0.05) is 41.1 Å². The summed E-state index contributed by atoms with van der Waals surface area (Å²) in [5, 5.41) is 11.5. The summed E-state index contributed by atoms with van der Waals surface area (Å²) >= 11 is 0. The van der Waals surface area contributed by atoms with E-state index in [4.69, 9.17) is 9.47 Å². The molecule has 0 aromatic rings. The van der Waals surface area contributed by atoms with Crippen LogP contribution in [-0.2, 0) is 28.7 Å². The average Bonchev–Trinajstić information content (AvgIpc) is 3.09. The van der Waals surface area contributed by atoms with Gasteiger partial charge in [0.15, 0.2) is 23.7 Å². The number of carbonyl (C=O) groups is 4. The number of rotatable bonds is 7. The molecule has 4 aliphatic rings. The van der Waals surface area contributed by atoms with Gasteiger partial charge >= 0.3 is 11.9 Å². The Labute approximate surface area is 226 Å². The largest absolute Gasteiger partial charge is 0.457 e. The fourth-order valence-electron chi connectivity index (χ4n) is 8.27. The van der Waals surface area contributed by atoms with Crippen molar-refractivity contribution in [2.24, 2.45) is 28.6 Å². The first kappa shape index (κ1) is 29.5. The first-order valence-corrected chi connectivity index (χ1v) is 13.7. The van der Waals surface area contributed by atoms with Crippen molar-refractivity contribution in [3.8, 4) is 0 Å². The normalized spacial score (nSPS) is 42.9. The number of carbonyl (C=O) groups excluding carboxylic acids is 4. The van der Waals surface area contributed by atoms with Crippen LogP contribution in [0, 0.1) is 28.6 Å². The number of ketones is 2. The first-order chi connectivity index (χ1) is 18.1. The van der Waals surface area contributed by atoms with E-state index in [1.165, 1.54) is 6.92 Å². The van der Waals surface area contributed by atoms with Crippen LogP contribution in [-0.4, -0.2) is 58.8 Å². The van der Waals surface area contributed by atoms with Gasteiger partial charge in [0.25, 0.3) is 0 Å². The number of aliphatic hydroxyl groups excluding tert-OH is 1. The summed E-state index contributed by atoms with van der Waals surface area (Å²) in [5.74, 6) is -7.00. The molecule has 0 saturated heterocycles. The molecule has 216 valence electrons. The van der Waals surface area contributed by atoms with Crippen molar-refractivity contribution in [2.75, 3.05) is 6.61 Å². The lowest BCUT2D eigenvalue weighted by atomic mass is 9.44. The van der Waals surface area contributed by atoms with Gasteiger partial charge in [-0.05, 0) is 44.6 Å². The SMILES string of the molecule is CCCC(=O)OCC(=O)[C@]1(OC(=O)CC)[C@H](C)C[C@H]2[C@@H]3C[C@H](F)C4=C(F)C(=O)C=C[C@]4(C)[C@@]3(F)[C@@H](O)C[C@@]21C. The Balaban J connectivity index is 1.82. The van der Waals surface area contributed by atoms with Gasteiger partial charge in [0.2, 0.25) is 11.6 Å². The number of aliphatic hydroxyl groups is 1. The third kappa shape index (κ3) is 3.87. The van der Waals surface area contributed by atoms with Gasteiger partial charge in [-0.15, -0.1) is 0 Å². The molecular weight excluding hydrogens is 517 g/mol. The molecule has 4 aliphatic carbocycles. The highest BCUT2D eigenvalue weighted by Gasteiger charge is 2.78. The molecule has 0 radical (unpaired) electrons. The van der Waals surface area contributed by atoms with Crippen LogP contribution in [0.3, 0.4) is 0 Å². The zero-order chi connectivity index (χ0) is 29.1. The van der Waals surface area contributed by atoms with Crippen LogP contribution < -0.4 is 0 Å². The Morgan fingerprint density at radius 3 is 2.41 bits per heavy atom. The number of ether oxygens (including phenoxy) is 2. The standard InChI is InChI=1S/C29H37F3O7/c1-6-8-23(37)38-14-21(35)29(39-22(36)7-2)15(3)11-16-17-12-18(30)24-25(31)19(33)9-10-26(24,4)28(17,32)20(34)13-27(16,29)5/h9-10,15-18,20,34H,6-8,11-14H2,1-5H3/t15-,16+,17+,18+,20+,26+,27+,28+,29-/m1/s1. The van der Waals surface area contributed by atoms with Crippen LogP contribution >= 0.6 is 0 Å². The van der Waals surface area contributed by atoms with Gasteiger partial charge in [0.05, 0.1) is 6.10 Å². The number of hydrogen-bond acceptors (Lipinski definition) is 7. The van der Waals surface area contributed by atoms with Gasteiger partial charge < -0.3 is 14.6 Å². The van der Waals surface area contributed by atoms with E-state index in [9.17, 15) is 28.7 Å².